The molecule has 0 spiro atoms. The topological polar surface area (TPSA) is 9.23 Å². The van der Waals surface area contributed by atoms with Gasteiger partial charge in [-0.2, -0.15) is 0 Å². The predicted octanol–water partition coefficient (Wildman–Crippen LogP) is 2.91. The maximum absolute atomic E-state index is 12.4. The molecule has 10 heavy (non-hydrogen) atoms. The lowest BCUT2D eigenvalue weighted by molar-refractivity contribution is -0.0276. The van der Waals surface area contributed by atoms with Crippen molar-refractivity contribution < 1.29 is 9.13 Å². The van der Waals surface area contributed by atoms with Gasteiger partial charge in [0.1, 0.15) is 0 Å². The van der Waals surface area contributed by atoms with Gasteiger partial charge in [-0.3, -0.25) is 0 Å². The highest BCUT2D eigenvalue weighted by atomic mass is 35.6. The summed E-state index contributed by atoms with van der Waals surface area (Å²) in [6, 6.07) is 0. The van der Waals surface area contributed by atoms with Gasteiger partial charge in [-0.25, -0.2) is 4.39 Å². The van der Waals surface area contributed by atoms with Gasteiger partial charge in [0, 0.05) is 5.88 Å². The van der Waals surface area contributed by atoms with Crippen LogP contribution in [-0.2, 0) is 4.74 Å². The van der Waals surface area contributed by atoms with Crippen molar-refractivity contribution in [2.75, 3.05) is 12.5 Å². The van der Waals surface area contributed by atoms with Crippen LogP contribution in [0.15, 0.2) is 0 Å². The molecule has 0 saturated carbocycles. The average molecular weight is 230 g/mol. The Balaban J connectivity index is 3.52. The van der Waals surface area contributed by atoms with Gasteiger partial charge in [0.15, 0.2) is 0 Å². The highest BCUT2D eigenvalue weighted by Gasteiger charge is 2.33. The number of alkyl halides is 5. The number of halogens is 5. The van der Waals surface area contributed by atoms with Crippen molar-refractivity contribution in [2.45, 2.75) is 10.2 Å². The Bertz CT molecular complexity index is 93.7. The number of ether oxygens (including phenoxy) is 1. The molecule has 0 heterocycles. The largest absolute Gasteiger partial charge is 0.344 e. The second-order valence-electron chi connectivity index (χ2n) is 1.42. The van der Waals surface area contributed by atoms with Crippen LogP contribution in [-0.4, -0.2) is 22.6 Å². The first-order chi connectivity index (χ1) is 4.48. The molecule has 0 aliphatic rings. The minimum absolute atomic E-state index is 0.0244. The highest BCUT2D eigenvalue weighted by molar-refractivity contribution is 6.67. The van der Waals surface area contributed by atoms with Gasteiger partial charge < -0.3 is 4.74 Å². The normalized spacial score (nSPS) is 15.3. The molecular formula is C4H5Cl4FO. The number of hydrogen-bond donors (Lipinski definition) is 0. The first-order valence-electron chi connectivity index (χ1n) is 2.37. The summed E-state index contributed by atoms with van der Waals surface area (Å²) >= 11 is 20.5. The van der Waals surface area contributed by atoms with Crippen LogP contribution < -0.4 is 0 Å². The van der Waals surface area contributed by atoms with Gasteiger partial charge in [0.2, 0.25) is 10.2 Å². The van der Waals surface area contributed by atoms with E-state index in [9.17, 15) is 4.39 Å². The lowest BCUT2D eigenvalue weighted by Crippen LogP contribution is -2.24. The molecular weight excluding hydrogens is 225 g/mol. The Kier molecular flexibility index (Phi) is 5.34. The summed E-state index contributed by atoms with van der Waals surface area (Å²) < 4.78 is 14.8. The predicted molar refractivity (Wildman–Crippen MR) is 41.9 cm³/mol. The van der Waals surface area contributed by atoms with Gasteiger partial charge in [0.25, 0.3) is 0 Å². The van der Waals surface area contributed by atoms with Gasteiger partial charge >= 0.3 is 0 Å². The van der Waals surface area contributed by atoms with Crippen LogP contribution in [0.3, 0.4) is 0 Å². The fourth-order valence-electron chi connectivity index (χ4n) is 0.243. The monoisotopic (exact) mass is 228 g/mol. The van der Waals surface area contributed by atoms with Gasteiger partial charge in [-0.05, 0) is 0 Å². The maximum atomic E-state index is 12.4. The molecule has 0 N–H and O–H groups in total. The molecule has 0 fully saturated rings. The van der Waals surface area contributed by atoms with E-state index in [2.05, 4.69) is 4.74 Å². The summed E-state index contributed by atoms with van der Waals surface area (Å²) in [5, 5.41) is 0. The quantitative estimate of drug-likeness (QED) is 0.677. The molecule has 0 aromatic rings. The van der Waals surface area contributed by atoms with Crippen molar-refractivity contribution in [2.24, 2.45) is 0 Å². The molecule has 0 radical (unpaired) electrons. The zero-order chi connectivity index (χ0) is 8.20. The van der Waals surface area contributed by atoms with E-state index < -0.39 is 10.2 Å². The second-order valence-corrected chi connectivity index (χ2v) is 4.16. The summed E-state index contributed by atoms with van der Waals surface area (Å²) in [5.74, 6) is 0.168. The molecule has 62 valence electrons. The minimum Gasteiger partial charge on any atom is -0.344 e. The van der Waals surface area contributed by atoms with E-state index in [-0.39, 0.29) is 12.5 Å². The lowest BCUT2D eigenvalue weighted by atomic mass is 10.7. The molecule has 0 amide bonds. The van der Waals surface area contributed by atoms with Crippen molar-refractivity contribution in [1.82, 2.24) is 0 Å². The third-order valence-electron chi connectivity index (χ3n) is 0.599. The molecule has 0 bridgehead atoms. The SMILES string of the molecule is FC(OCCCl)C(Cl)(Cl)Cl. The molecule has 0 aromatic heterocycles. The molecule has 1 nitrogen and oxygen atoms in total. The minimum atomic E-state index is -2.02. The molecule has 1 unspecified atom stereocenters. The summed E-state index contributed by atoms with van der Waals surface area (Å²) in [5.41, 5.74) is 0. The fourth-order valence-corrected chi connectivity index (χ4v) is 0.521. The number of rotatable bonds is 3. The van der Waals surface area contributed by atoms with Crippen LogP contribution in [0.5, 0.6) is 0 Å². The Morgan fingerprint density at radius 1 is 1.40 bits per heavy atom. The molecule has 1 atom stereocenters. The third-order valence-corrected chi connectivity index (χ3v) is 1.27. The number of hydrogen-bond acceptors (Lipinski definition) is 1. The van der Waals surface area contributed by atoms with E-state index in [0.29, 0.717) is 0 Å². The molecule has 0 aliphatic carbocycles. The van der Waals surface area contributed by atoms with E-state index in [0.717, 1.165) is 0 Å². The van der Waals surface area contributed by atoms with Crippen LogP contribution in [0.4, 0.5) is 4.39 Å². The molecule has 0 saturated heterocycles. The summed E-state index contributed by atoms with van der Waals surface area (Å²) in [6.45, 7) is 0.0244. The van der Waals surface area contributed by atoms with Crippen LogP contribution >= 0.6 is 46.4 Å². The Morgan fingerprint density at radius 3 is 2.20 bits per heavy atom. The van der Waals surface area contributed by atoms with Crippen molar-refractivity contribution in [3.05, 3.63) is 0 Å². The zero-order valence-corrected chi connectivity index (χ0v) is 7.81. The average Bonchev–Trinajstić information content (AvgIpc) is 1.80. The van der Waals surface area contributed by atoms with Crippen LogP contribution in [0, 0.1) is 0 Å². The second kappa shape index (κ2) is 4.83. The van der Waals surface area contributed by atoms with E-state index in [1.807, 2.05) is 0 Å². The zero-order valence-electron chi connectivity index (χ0n) is 4.79. The van der Waals surface area contributed by atoms with Crippen LogP contribution in [0.2, 0.25) is 0 Å². The van der Waals surface area contributed by atoms with E-state index in [1.54, 1.807) is 0 Å². The standard InChI is InChI=1S/C4H5Cl4FO/c5-1-2-10-3(9)4(6,7)8/h3H,1-2H2. The van der Waals surface area contributed by atoms with Gasteiger partial charge in [-0.15, -0.1) is 11.6 Å². The van der Waals surface area contributed by atoms with Crippen molar-refractivity contribution in [3.8, 4) is 0 Å². The van der Waals surface area contributed by atoms with E-state index in [4.69, 9.17) is 46.4 Å². The lowest BCUT2D eigenvalue weighted by Gasteiger charge is -2.15. The van der Waals surface area contributed by atoms with Crippen molar-refractivity contribution >= 4 is 46.4 Å². The van der Waals surface area contributed by atoms with Crippen molar-refractivity contribution in [3.63, 3.8) is 0 Å². The smallest absolute Gasteiger partial charge is 0.246 e. The Labute approximate surface area is 78.3 Å². The molecule has 0 aromatic carbocycles. The molecule has 0 rings (SSSR count). The molecule has 0 aliphatic heterocycles. The van der Waals surface area contributed by atoms with E-state index >= 15 is 0 Å². The van der Waals surface area contributed by atoms with E-state index in [1.165, 1.54) is 0 Å². The van der Waals surface area contributed by atoms with Gasteiger partial charge in [-0.1, -0.05) is 34.8 Å². The summed E-state index contributed by atoms with van der Waals surface area (Å²) in [4.78, 5) is 0. The Morgan fingerprint density at radius 2 is 1.90 bits per heavy atom. The fraction of sp³-hybridized carbons (Fsp3) is 1.00. The van der Waals surface area contributed by atoms with Crippen molar-refractivity contribution in [1.29, 1.82) is 0 Å². The van der Waals surface area contributed by atoms with Crippen LogP contribution in [0.1, 0.15) is 0 Å². The third kappa shape index (κ3) is 4.80. The first-order valence-corrected chi connectivity index (χ1v) is 4.03. The first kappa shape index (κ1) is 11.1. The maximum Gasteiger partial charge on any atom is 0.246 e. The highest BCUT2D eigenvalue weighted by Crippen LogP contribution is 2.32. The summed E-state index contributed by atoms with van der Waals surface area (Å²) in [7, 11) is 0. The summed E-state index contributed by atoms with van der Waals surface area (Å²) in [6.07, 6.45) is -1.92. The van der Waals surface area contributed by atoms with Crippen LogP contribution in [0.25, 0.3) is 0 Å². The molecule has 6 heteroatoms. The Hall–Kier alpha value is 1.05. The van der Waals surface area contributed by atoms with Gasteiger partial charge in [0.05, 0.1) is 6.61 Å².